The lowest BCUT2D eigenvalue weighted by Gasteiger charge is -2.20. The van der Waals surface area contributed by atoms with Gasteiger partial charge in [0.2, 0.25) is 0 Å². The molecule has 0 atom stereocenters. The van der Waals surface area contributed by atoms with E-state index >= 15 is 0 Å². The Labute approximate surface area is 142 Å². The number of phenols is 1. The zero-order valence-corrected chi connectivity index (χ0v) is 14.6. The van der Waals surface area contributed by atoms with Crippen LogP contribution in [0.3, 0.4) is 0 Å². The fourth-order valence-electron chi connectivity index (χ4n) is 2.31. The number of phenolic OH excluding ortho intramolecular Hbond substituents is 1. The third-order valence-corrected chi connectivity index (χ3v) is 4.94. The molecule has 0 spiro atoms. The zero-order chi connectivity index (χ0) is 15.9. The molecule has 118 valence electrons. The third-order valence-electron chi connectivity index (χ3n) is 3.66. The Bertz CT molecular complexity index is 600. The van der Waals surface area contributed by atoms with Crippen molar-refractivity contribution in [2.45, 2.75) is 31.0 Å². The normalized spacial score (nSPS) is 11.1. The molecule has 0 radical (unpaired) electrons. The van der Waals surface area contributed by atoms with Gasteiger partial charge in [-0.15, -0.1) is 11.8 Å². The molecule has 0 aromatic heterocycles. The third kappa shape index (κ3) is 4.67. The molecule has 2 aromatic carbocycles. The first-order valence-electron chi connectivity index (χ1n) is 7.54. The lowest BCUT2D eigenvalue weighted by molar-refractivity contribution is 0.290. The Kier molecular flexibility index (Phi) is 6.62. The van der Waals surface area contributed by atoms with Gasteiger partial charge in [0.05, 0.1) is 0 Å². The highest BCUT2D eigenvalue weighted by molar-refractivity contribution is 7.98. The molecule has 0 amide bonds. The lowest BCUT2D eigenvalue weighted by atomic mass is 10.1. The molecule has 0 saturated heterocycles. The molecule has 22 heavy (non-hydrogen) atoms. The second-order valence-corrected chi connectivity index (χ2v) is 6.62. The number of hydrogen-bond donors (Lipinski definition) is 1. The number of rotatable bonds is 7. The molecule has 1 N–H and O–H groups in total. The Balaban J connectivity index is 2.15. The molecule has 0 bridgehead atoms. The molecular formula is C18H22ClNOS. The minimum Gasteiger partial charge on any atom is -0.507 e. The van der Waals surface area contributed by atoms with Crippen molar-refractivity contribution in [3.05, 3.63) is 58.6 Å². The first kappa shape index (κ1) is 17.2. The van der Waals surface area contributed by atoms with Crippen molar-refractivity contribution in [2.24, 2.45) is 0 Å². The number of hydrogen-bond acceptors (Lipinski definition) is 3. The summed E-state index contributed by atoms with van der Waals surface area (Å²) in [7, 11) is 0. The molecule has 0 unspecified atom stereocenters. The highest BCUT2D eigenvalue weighted by Crippen LogP contribution is 2.33. The number of halogens is 1. The summed E-state index contributed by atoms with van der Waals surface area (Å²) in [6.45, 7) is 6.88. The van der Waals surface area contributed by atoms with Gasteiger partial charge in [-0.2, -0.15) is 0 Å². The van der Waals surface area contributed by atoms with E-state index in [4.69, 9.17) is 11.6 Å². The summed E-state index contributed by atoms with van der Waals surface area (Å²) in [4.78, 5) is 3.45. The van der Waals surface area contributed by atoms with Crippen molar-refractivity contribution < 1.29 is 5.11 Å². The van der Waals surface area contributed by atoms with Crippen LogP contribution in [0, 0.1) is 0 Å². The fourth-order valence-corrected chi connectivity index (χ4v) is 3.47. The van der Waals surface area contributed by atoms with Crippen molar-refractivity contribution in [2.75, 3.05) is 13.1 Å². The van der Waals surface area contributed by atoms with Gasteiger partial charge in [-0.05, 0) is 37.4 Å². The van der Waals surface area contributed by atoms with Gasteiger partial charge in [0, 0.05) is 33.3 Å². The van der Waals surface area contributed by atoms with Crippen LogP contribution < -0.4 is 0 Å². The van der Waals surface area contributed by atoms with Crippen LogP contribution in [0.5, 0.6) is 5.75 Å². The maximum Gasteiger partial charge on any atom is 0.124 e. The first-order chi connectivity index (χ1) is 10.6. The molecule has 2 nitrogen and oxygen atoms in total. The molecule has 2 aromatic rings. The lowest BCUT2D eigenvalue weighted by Crippen LogP contribution is -2.22. The van der Waals surface area contributed by atoms with E-state index in [0.29, 0.717) is 16.5 Å². The molecule has 2 rings (SSSR count). The Morgan fingerprint density at radius 3 is 2.32 bits per heavy atom. The maximum absolute atomic E-state index is 10.5. The minimum absolute atomic E-state index is 0.375. The largest absolute Gasteiger partial charge is 0.507 e. The van der Waals surface area contributed by atoms with Crippen LogP contribution in [-0.2, 0) is 12.3 Å². The molecular weight excluding hydrogens is 314 g/mol. The Morgan fingerprint density at radius 2 is 1.68 bits per heavy atom. The molecule has 0 heterocycles. The zero-order valence-electron chi connectivity index (χ0n) is 13.1. The quantitative estimate of drug-likeness (QED) is 0.705. The summed E-state index contributed by atoms with van der Waals surface area (Å²) in [5, 5.41) is 11.2. The predicted molar refractivity (Wildman–Crippen MR) is 95.7 cm³/mol. The van der Waals surface area contributed by atoms with Crippen LogP contribution in [0.2, 0.25) is 5.02 Å². The highest BCUT2D eigenvalue weighted by Gasteiger charge is 2.12. The van der Waals surface area contributed by atoms with Gasteiger partial charge in [0.1, 0.15) is 5.75 Å². The summed E-state index contributed by atoms with van der Waals surface area (Å²) in [5.74, 6) is 1.08. The second kappa shape index (κ2) is 8.47. The molecule has 0 aliphatic heterocycles. The average Bonchev–Trinajstić information content (AvgIpc) is 2.54. The van der Waals surface area contributed by atoms with Crippen LogP contribution >= 0.6 is 23.4 Å². The van der Waals surface area contributed by atoms with E-state index in [1.54, 1.807) is 11.8 Å². The van der Waals surface area contributed by atoms with Gasteiger partial charge in [0.15, 0.2) is 0 Å². The van der Waals surface area contributed by atoms with E-state index in [1.165, 1.54) is 4.90 Å². The molecule has 0 saturated carbocycles. The topological polar surface area (TPSA) is 23.5 Å². The first-order valence-corrected chi connectivity index (χ1v) is 8.90. The summed E-state index contributed by atoms with van der Waals surface area (Å²) in [6.07, 6.45) is 0. The van der Waals surface area contributed by atoms with Crippen LogP contribution in [0.25, 0.3) is 0 Å². The summed E-state index contributed by atoms with van der Waals surface area (Å²) in [5.41, 5.74) is 1.79. The standard InChI is InChI=1S/C18H22ClNOS/c1-3-20(4-2)12-14-10-16(19)11-15(18(14)21)13-22-17-8-6-5-7-9-17/h5-11,21H,3-4,12-13H2,1-2H3. The predicted octanol–water partition coefficient (Wildman–Crippen LogP) is 5.18. The number of nitrogens with zero attached hydrogens (tertiary/aromatic N) is 1. The van der Waals surface area contributed by atoms with E-state index in [1.807, 2.05) is 30.3 Å². The molecule has 0 aliphatic carbocycles. The highest BCUT2D eigenvalue weighted by atomic mass is 35.5. The summed E-state index contributed by atoms with van der Waals surface area (Å²) >= 11 is 7.94. The fraction of sp³-hybridized carbons (Fsp3) is 0.333. The molecule has 0 aliphatic rings. The van der Waals surface area contributed by atoms with Gasteiger partial charge < -0.3 is 5.11 Å². The Hall–Kier alpha value is -1.16. The maximum atomic E-state index is 10.5. The van der Waals surface area contributed by atoms with Crippen molar-refractivity contribution in [1.29, 1.82) is 0 Å². The van der Waals surface area contributed by atoms with Gasteiger partial charge in [-0.3, -0.25) is 4.90 Å². The van der Waals surface area contributed by atoms with E-state index in [0.717, 1.165) is 30.8 Å². The average molecular weight is 336 g/mol. The van der Waals surface area contributed by atoms with Gasteiger partial charge >= 0.3 is 0 Å². The van der Waals surface area contributed by atoms with E-state index in [9.17, 15) is 5.11 Å². The van der Waals surface area contributed by atoms with E-state index in [-0.39, 0.29) is 0 Å². The smallest absolute Gasteiger partial charge is 0.124 e. The number of aromatic hydroxyl groups is 1. The van der Waals surface area contributed by atoms with Crippen LogP contribution in [-0.4, -0.2) is 23.1 Å². The Morgan fingerprint density at radius 1 is 1.05 bits per heavy atom. The van der Waals surface area contributed by atoms with Crippen LogP contribution in [0.15, 0.2) is 47.4 Å². The number of thioether (sulfide) groups is 1. The number of benzene rings is 2. The van der Waals surface area contributed by atoms with Crippen molar-refractivity contribution in [3.63, 3.8) is 0 Å². The summed E-state index contributed by atoms with van der Waals surface area (Å²) in [6, 6.07) is 13.9. The van der Waals surface area contributed by atoms with E-state index in [2.05, 4.69) is 30.9 Å². The van der Waals surface area contributed by atoms with Crippen LogP contribution in [0.1, 0.15) is 25.0 Å². The van der Waals surface area contributed by atoms with Gasteiger partial charge in [-0.1, -0.05) is 43.6 Å². The van der Waals surface area contributed by atoms with Crippen LogP contribution in [0.4, 0.5) is 0 Å². The van der Waals surface area contributed by atoms with Gasteiger partial charge in [-0.25, -0.2) is 0 Å². The van der Waals surface area contributed by atoms with Crippen molar-refractivity contribution in [3.8, 4) is 5.75 Å². The molecule has 0 fully saturated rings. The second-order valence-electron chi connectivity index (χ2n) is 5.14. The van der Waals surface area contributed by atoms with Gasteiger partial charge in [0.25, 0.3) is 0 Å². The van der Waals surface area contributed by atoms with Crippen molar-refractivity contribution in [1.82, 2.24) is 4.90 Å². The molecule has 4 heteroatoms. The summed E-state index contributed by atoms with van der Waals surface area (Å²) < 4.78 is 0. The van der Waals surface area contributed by atoms with Crippen molar-refractivity contribution >= 4 is 23.4 Å². The van der Waals surface area contributed by atoms with E-state index < -0.39 is 0 Å². The minimum atomic E-state index is 0.375. The SMILES string of the molecule is CCN(CC)Cc1cc(Cl)cc(CSc2ccccc2)c1O. The monoisotopic (exact) mass is 335 g/mol.